The molecular formula is C14H11ClFN3O3S. The molecule has 2 aliphatic rings. The highest BCUT2D eigenvalue weighted by Gasteiger charge is 2.25. The quantitative estimate of drug-likeness (QED) is 0.879. The number of amides is 1. The summed E-state index contributed by atoms with van der Waals surface area (Å²) in [5.74, 6) is -1.03. The fourth-order valence-electron chi connectivity index (χ4n) is 2.12. The van der Waals surface area contributed by atoms with Crippen molar-refractivity contribution in [3.05, 3.63) is 53.0 Å². The van der Waals surface area contributed by atoms with Crippen LogP contribution < -0.4 is 5.32 Å². The zero-order valence-electron chi connectivity index (χ0n) is 11.7. The minimum Gasteiger partial charge on any atom is -0.330 e. The summed E-state index contributed by atoms with van der Waals surface area (Å²) in [7, 11) is -3.45. The van der Waals surface area contributed by atoms with Crippen molar-refractivity contribution in [3.8, 4) is 0 Å². The molecule has 3 rings (SSSR count). The lowest BCUT2D eigenvalue weighted by molar-refractivity contribution is -0.112. The molecule has 6 nitrogen and oxygen atoms in total. The van der Waals surface area contributed by atoms with Gasteiger partial charge in [-0.15, -0.1) is 4.40 Å². The predicted molar refractivity (Wildman–Crippen MR) is 85.2 cm³/mol. The number of carbonyl (C=O) groups excluding carboxylic acids is 1. The number of sulfonamides is 1. The second kappa shape index (κ2) is 5.78. The van der Waals surface area contributed by atoms with Crippen LogP contribution in [0.2, 0.25) is 5.02 Å². The molecule has 2 heterocycles. The molecule has 2 aliphatic heterocycles. The number of rotatable bonds is 2. The molecule has 0 spiro atoms. The molecule has 0 aliphatic carbocycles. The molecule has 0 saturated carbocycles. The summed E-state index contributed by atoms with van der Waals surface area (Å²) >= 11 is 5.66. The van der Waals surface area contributed by atoms with Gasteiger partial charge in [-0.1, -0.05) is 11.6 Å². The Kier molecular flexibility index (Phi) is 3.95. The highest BCUT2D eigenvalue weighted by Crippen LogP contribution is 2.21. The van der Waals surface area contributed by atoms with Gasteiger partial charge in [-0.2, -0.15) is 0 Å². The van der Waals surface area contributed by atoms with Crippen LogP contribution in [0.5, 0.6) is 0 Å². The van der Waals surface area contributed by atoms with Crippen molar-refractivity contribution < 1.29 is 17.6 Å². The fourth-order valence-corrected chi connectivity index (χ4v) is 3.25. The molecule has 1 aromatic carbocycles. The SMILES string of the molecule is O=C(Nc1ccc(Cl)cc1F)C1=CN2CCS(=O)(=O)N=C2C=C1. The molecule has 0 fully saturated rings. The van der Waals surface area contributed by atoms with Crippen LogP contribution in [0.3, 0.4) is 0 Å². The maximum atomic E-state index is 13.7. The number of anilines is 1. The first kappa shape index (κ1) is 15.7. The van der Waals surface area contributed by atoms with Crippen LogP contribution >= 0.6 is 11.6 Å². The first-order chi connectivity index (χ1) is 10.8. The van der Waals surface area contributed by atoms with Crippen LogP contribution in [0.15, 0.2) is 46.5 Å². The van der Waals surface area contributed by atoms with Gasteiger partial charge < -0.3 is 10.2 Å². The van der Waals surface area contributed by atoms with E-state index >= 15 is 0 Å². The Morgan fingerprint density at radius 2 is 2.13 bits per heavy atom. The number of halogens is 2. The Morgan fingerprint density at radius 1 is 1.35 bits per heavy atom. The molecule has 0 aromatic heterocycles. The van der Waals surface area contributed by atoms with E-state index in [1.807, 2.05) is 0 Å². The van der Waals surface area contributed by atoms with Gasteiger partial charge in [-0.05, 0) is 30.4 Å². The summed E-state index contributed by atoms with van der Waals surface area (Å²) in [5, 5.41) is 2.67. The molecule has 9 heteroatoms. The molecular weight excluding hydrogens is 345 g/mol. The molecule has 0 radical (unpaired) electrons. The smallest absolute Gasteiger partial charge is 0.257 e. The number of nitrogens with one attached hydrogen (secondary N) is 1. The van der Waals surface area contributed by atoms with Gasteiger partial charge in [0.15, 0.2) is 0 Å². The van der Waals surface area contributed by atoms with E-state index in [9.17, 15) is 17.6 Å². The summed E-state index contributed by atoms with van der Waals surface area (Å²) < 4.78 is 40.2. The Hall–Kier alpha value is -2.19. The van der Waals surface area contributed by atoms with Gasteiger partial charge >= 0.3 is 0 Å². The average Bonchev–Trinajstić information content (AvgIpc) is 2.48. The summed E-state index contributed by atoms with van der Waals surface area (Å²) in [6, 6.07) is 3.93. The normalized spacial score (nSPS) is 18.8. The molecule has 1 amide bonds. The van der Waals surface area contributed by atoms with Crippen molar-refractivity contribution in [1.29, 1.82) is 0 Å². The van der Waals surface area contributed by atoms with E-state index in [0.29, 0.717) is 0 Å². The van der Waals surface area contributed by atoms with Crippen molar-refractivity contribution in [2.24, 2.45) is 4.40 Å². The summed E-state index contributed by atoms with van der Waals surface area (Å²) in [6.07, 6.45) is 4.35. The van der Waals surface area contributed by atoms with Crippen molar-refractivity contribution in [1.82, 2.24) is 4.90 Å². The van der Waals surface area contributed by atoms with E-state index in [1.54, 1.807) is 4.90 Å². The van der Waals surface area contributed by atoms with Gasteiger partial charge in [0.25, 0.3) is 15.9 Å². The van der Waals surface area contributed by atoms with E-state index in [2.05, 4.69) is 9.71 Å². The lowest BCUT2D eigenvalue weighted by Gasteiger charge is -2.26. The second-order valence-electron chi connectivity index (χ2n) is 4.92. The standard InChI is InChI=1S/C14H11ClFN3O3S/c15-10-2-3-12(11(16)7-10)17-14(20)9-1-4-13-18-23(21,22)6-5-19(13)8-9/h1-4,7-8H,5-6H2,(H,17,20). The summed E-state index contributed by atoms with van der Waals surface area (Å²) in [6.45, 7) is 0.206. The van der Waals surface area contributed by atoms with Gasteiger partial charge in [0.2, 0.25) is 0 Å². The van der Waals surface area contributed by atoms with Crippen LogP contribution in [-0.2, 0) is 14.8 Å². The number of fused-ring (bicyclic) bond motifs is 1. The lowest BCUT2D eigenvalue weighted by Crippen LogP contribution is -2.37. The third kappa shape index (κ3) is 3.43. The zero-order valence-corrected chi connectivity index (χ0v) is 13.2. The van der Waals surface area contributed by atoms with Crippen molar-refractivity contribution in [2.75, 3.05) is 17.6 Å². The second-order valence-corrected chi connectivity index (χ2v) is 7.12. The fraction of sp³-hybridized carbons (Fsp3) is 0.143. The van der Waals surface area contributed by atoms with E-state index in [4.69, 9.17) is 11.6 Å². The minimum absolute atomic E-state index is 0.00869. The van der Waals surface area contributed by atoms with Crippen molar-refractivity contribution in [3.63, 3.8) is 0 Å². The maximum Gasteiger partial charge on any atom is 0.257 e. The van der Waals surface area contributed by atoms with E-state index < -0.39 is 21.7 Å². The van der Waals surface area contributed by atoms with E-state index in [1.165, 1.54) is 30.5 Å². The average molecular weight is 356 g/mol. The van der Waals surface area contributed by atoms with Gasteiger partial charge in [0, 0.05) is 17.8 Å². The van der Waals surface area contributed by atoms with Crippen LogP contribution in [0, 0.1) is 5.82 Å². The molecule has 23 heavy (non-hydrogen) atoms. The van der Waals surface area contributed by atoms with Crippen molar-refractivity contribution >= 4 is 39.1 Å². The molecule has 0 unspecified atom stereocenters. The number of amidine groups is 1. The van der Waals surface area contributed by atoms with E-state index in [-0.39, 0.29) is 34.4 Å². The summed E-state index contributed by atoms with van der Waals surface area (Å²) in [5.41, 5.74) is 0.270. The van der Waals surface area contributed by atoms with Crippen LogP contribution in [-0.4, -0.2) is 37.4 Å². The highest BCUT2D eigenvalue weighted by molar-refractivity contribution is 7.90. The van der Waals surface area contributed by atoms with Gasteiger partial charge in [0.05, 0.1) is 17.0 Å². The third-order valence-electron chi connectivity index (χ3n) is 3.27. The number of benzene rings is 1. The first-order valence-corrected chi connectivity index (χ1v) is 8.58. The minimum atomic E-state index is -3.45. The highest BCUT2D eigenvalue weighted by atomic mass is 35.5. The largest absolute Gasteiger partial charge is 0.330 e. The third-order valence-corrected chi connectivity index (χ3v) is 4.66. The Balaban J connectivity index is 1.80. The van der Waals surface area contributed by atoms with Crippen LogP contribution in [0.4, 0.5) is 10.1 Å². The predicted octanol–water partition coefficient (Wildman–Crippen LogP) is 1.92. The topological polar surface area (TPSA) is 78.8 Å². The van der Waals surface area contributed by atoms with E-state index in [0.717, 1.165) is 6.07 Å². The monoisotopic (exact) mass is 355 g/mol. The molecule has 1 N–H and O–H groups in total. The molecule has 1 aromatic rings. The Morgan fingerprint density at radius 3 is 2.87 bits per heavy atom. The molecule has 120 valence electrons. The Labute approximate surface area is 137 Å². The number of nitrogens with zero attached hydrogens (tertiary/aromatic N) is 2. The summed E-state index contributed by atoms with van der Waals surface area (Å²) in [4.78, 5) is 13.8. The Bertz CT molecular complexity index is 877. The van der Waals surface area contributed by atoms with Gasteiger partial charge in [-0.25, -0.2) is 12.8 Å². The number of hydrogen-bond acceptors (Lipinski definition) is 4. The number of carbonyl (C=O) groups is 1. The first-order valence-electron chi connectivity index (χ1n) is 6.60. The van der Waals surface area contributed by atoms with Crippen LogP contribution in [0.1, 0.15) is 0 Å². The molecule has 0 atom stereocenters. The molecule has 0 saturated heterocycles. The zero-order chi connectivity index (χ0) is 16.6. The van der Waals surface area contributed by atoms with Crippen molar-refractivity contribution in [2.45, 2.75) is 0 Å². The number of hydrogen-bond donors (Lipinski definition) is 1. The van der Waals surface area contributed by atoms with Crippen LogP contribution in [0.25, 0.3) is 0 Å². The van der Waals surface area contributed by atoms with Gasteiger partial charge in [-0.3, -0.25) is 4.79 Å². The molecule has 0 bridgehead atoms. The van der Waals surface area contributed by atoms with Gasteiger partial charge in [0.1, 0.15) is 11.7 Å². The maximum absolute atomic E-state index is 13.7. The lowest BCUT2D eigenvalue weighted by atomic mass is 10.1.